The molecule has 0 aliphatic carbocycles. The molecule has 134 valence electrons. The molecule has 2 N–H and O–H groups in total. The second-order valence-electron chi connectivity index (χ2n) is 5.92. The van der Waals surface area contributed by atoms with Gasteiger partial charge in [-0.2, -0.15) is 0 Å². The number of morpholine rings is 1. The summed E-state index contributed by atoms with van der Waals surface area (Å²) in [5.74, 6) is 1.52. The maximum absolute atomic E-state index is 12.1. The van der Waals surface area contributed by atoms with Gasteiger partial charge in [-0.05, 0) is 48.9 Å². The Morgan fingerprint density at radius 3 is 2.72 bits per heavy atom. The molecule has 3 rings (SSSR count). The molecule has 0 bridgehead atoms. The van der Waals surface area contributed by atoms with Gasteiger partial charge in [0.1, 0.15) is 11.5 Å². The highest BCUT2D eigenvalue weighted by atomic mass is 35.5. The predicted octanol–water partition coefficient (Wildman–Crippen LogP) is 3.53. The molecule has 0 saturated carbocycles. The molecule has 1 amide bonds. The number of hydrogen-bond donors (Lipinski definition) is 2. The summed E-state index contributed by atoms with van der Waals surface area (Å²) in [6.07, 6.45) is 0.404. The molecule has 25 heavy (non-hydrogen) atoms. The Labute approximate surface area is 154 Å². The van der Waals surface area contributed by atoms with Crippen LogP contribution < -0.4 is 15.4 Å². The van der Waals surface area contributed by atoms with Gasteiger partial charge in [-0.15, -0.1) is 12.4 Å². The van der Waals surface area contributed by atoms with Crippen LogP contribution in [-0.2, 0) is 9.53 Å². The zero-order valence-corrected chi connectivity index (χ0v) is 15.0. The minimum Gasteiger partial charge on any atom is -0.457 e. The molecule has 1 aliphatic rings. The molecule has 1 saturated heterocycles. The van der Waals surface area contributed by atoms with E-state index in [2.05, 4.69) is 10.6 Å². The fraction of sp³-hybridized carbons (Fsp3) is 0.316. The van der Waals surface area contributed by atoms with E-state index >= 15 is 0 Å². The second kappa shape index (κ2) is 9.42. The van der Waals surface area contributed by atoms with E-state index in [0.717, 1.165) is 29.3 Å². The molecule has 1 fully saturated rings. The van der Waals surface area contributed by atoms with Crippen molar-refractivity contribution in [1.82, 2.24) is 5.32 Å². The molecule has 0 spiro atoms. The molecule has 0 radical (unpaired) electrons. The van der Waals surface area contributed by atoms with Crippen LogP contribution in [0.2, 0.25) is 0 Å². The monoisotopic (exact) mass is 362 g/mol. The topological polar surface area (TPSA) is 59.6 Å². The fourth-order valence-corrected chi connectivity index (χ4v) is 2.61. The molecule has 1 atom stereocenters. The van der Waals surface area contributed by atoms with Crippen molar-refractivity contribution < 1.29 is 14.3 Å². The van der Waals surface area contributed by atoms with Gasteiger partial charge in [0.25, 0.3) is 0 Å². The first-order valence-corrected chi connectivity index (χ1v) is 8.14. The van der Waals surface area contributed by atoms with Gasteiger partial charge in [0.15, 0.2) is 0 Å². The van der Waals surface area contributed by atoms with E-state index in [1.807, 2.05) is 55.5 Å². The van der Waals surface area contributed by atoms with E-state index in [9.17, 15) is 4.79 Å². The minimum absolute atomic E-state index is 0. The van der Waals surface area contributed by atoms with Crippen molar-refractivity contribution in [1.29, 1.82) is 0 Å². The Hall–Kier alpha value is -2.08. The average molecular weight is 363 g/mol. The Kier molecular flexibility index (Phi) is 7.25. The smallest absolute Gasteiger partial charge is 0.226 e. The van der Waals surface area contributed by atoms with Crippen LogP contribution in [0.5, 0.6) is 11.5 Å². The van der Waals surface area contributed by atoms with Crippen LogP contribution in [0.3, 0.4) is 0 Å². The lowest BCUT2D eigenvalue weighted by molar-refractivity contribution is -0.117. The lowest BCUT2D eigenvalue weighted by atomic mass is 10.2. The number of anilines is 1. The number of nitrogens with one attached hydrogen (secondary N) is 2. The van der Waals surface area contributed by atoms with E-state index in [1.165, 1.54) is 0 Å². The average Bonchev–Trinajstić information content (AvgIpc) is 2.57. The second-order valence-corrected chi connectivity index (χ2v) is 5.92. The van der Waals surface area contributed by atoms with E-state index in [0.29, 0.717) is 19.6 Å². The Morgan fingerprint density at radius 1 is 1.24 bits per heavy atom. The maximum atomic E-state index is 12.1. The van der Waals surface area contributed by atoms with Crippen LogP contribution >= 0.6 is 12.4 Å². The molecule has 1 unspecified atom stereocenters. The SMILES string of the molecule is Cc1cccc(Oc2ccc(NC(=O)CC3COCCN3)cc2)c1.Cl. The van der Waals surface area contributed by atoms with Crippen LogP contribution in [0.25, 0.3) is 0 Å². The summed E-state index contributed by atoms with van der Waals surface area (Å²) < 4.78 is 11.2. The number of halogens is 1. The van der Waals surface area contributed by atoms with Crippen LogP contribution in [0.1, 0.15) is 12.0 Å². The Morgan fingerprint density at radius 2 is 2.04 bits per heavy atom. The number of carbonyl (C=O) groups is 1. The normalized spacial score (nSPS) is 16.6. The first-order chi connectivity index (χ1) is 11.7. The third-order valence-electron chi connectivity index (χ3n) is 3.79. The van der Waals surface area contributed by atoms with Gasteiger partial charge in [0.05, 0.1) is 13.2 Å². The highest BCUT2D eigenvalue weighted by Crippen LogP contribution is 2.23. The quantitative estimate of drug-likeness (QED) is 0.854. The van der Waals surface area contributed by atoms with Crippen molar-refractivity contribution in [3.63, 3.8) is 0 Å². The van der Waals surface area contributed by atoms with Gasteiger partial charge < -0.3 is 20.1 Å². The standard InChI is InChI=1S/C19H22N2O3.ClH/c1-14-3-2-4-18(11-14)24-17-7-5-15(6-8-17)21-19(22)12-16-13-23-10-9-20-16;/h2-8,11,16,20H,9-10,12-13H2,1H3,(H,21,22);1H. The molecule has 6 heteroatoms. The zero-order valence-electron chi connectivity index (χ0n) is 14.2. The maximum Gasteiger partial charge on any atom is 0.226 e. The van der Waals surface area contributed by atoms with Crippen LogP contribution in [0.15, 0.2) is 48.5 Å². The van der Waals surface area contributed by atoms with Gasteiger partial charge in [-0.25, -0.2) is 0 Å². The number of ether oxygens (including phenoxy) is 2. The predicted molar refractivity (Wildman–Crippen MR) is 101 cm³/mol. The molecule has 2 aromatic rings. The molecule has 1 aliphatic heterocycles. The van der Waals surface area contributed by atoms with Gasteiger partial charge in [-0.3, -0.25) is 4.79 Å². The Bertz CT molecular complexity index is 685. The summed E-state index contributed by atoms with van der Waals surface area (Å²) in [5, 5.41) is 6.17. The number of hydrogen-bond acceptors (Lipinski definition) is 4. The van der Waals surface area contributed by atoms with Crippen molar-refractivity contribution >= 4 is 24.0 Å². The fourth-order valence-electron chi connectivity index (χ4n) is 2.61. The van der Waals surface area contributed by atoms with Crippen LogP contribution in [-0.4, -0.2) is 31.7 Å². The van der Waals surface area contributed by atoms with Crippen molar-refractivity contribution in [2.75, 3.05) is 25.1 Å². The molecular formula is C19H23ClN2O3. The molecule has 5 nitrogen and oxygen atoms in total. The summed E-state index contributed by atoms with van der Waals surface area (Å²) in [7, 11) is 0. The highest BCUT2D eigenvalue weighted by Gasteiger charge is 2.16. The largest absolute Gasteiger partial charge is 0.457 e. The summed E-state index contributed by atoms with van der Waals surface area (Å²) in [5.41, 5.74) is 1.91. The minimum atomic E-state index is -0.0228. The molecule has 0 aromatic heterocycles. The van der Waals surface area contributed by atoms with Crippen molar-refractivity contribution in [2.45, 2.75) is 19.4 Å². The molecule has 2 aromatic carbocycles. The Balaban J connectivity index is 0.00000225. The van der Waals surface area contributed by atoms with Crippen LogP contribution in [0, 0.1) is 6.92 Å². The number of rotatable bonds is 5. The molecule has 1 heterocycles. The van der Waals surface area contributed by atoms with E-state index in [-0.39, 0.29) is 24.4 Å². The highest BCUT2D eigenvalue weighted by molar-refractivity contribution is 5.91. The third-order valence-corrected chi connectivity index (χ3v) is 3.79. The molecular weight excluding hydrogens is 340 g/mol. The van der Waals surface area contributed by atoms with Gasteiger partial charge in [-0.1, -0.05) is 12.1 Å². The van der Waals surface area contributed by atoms with Crippen LogP contribution in [0.4, 0.5) is 5.69 Å². The lowest BCUT2D eigenvalue weighted by Crippen LogP contribution is -2.43. The van der Waals surface area contributed by atoms with Crippen molar-refractivity contribution in [3.8, 4) is 11.5 Å². The van der Waals surface area contributed by atoms with Gasteiger partial charge in [0, 0.05) is 24.7 Å². The number of aryl methyl sites for hydroxylation is 1. The number of benzene rings is 2. The van der Waals surface area contributed by atoms with E-state index < -0.39 is 0 Å². The summed E-state index contributed by atoms with van der Waals surface area (Å²) in [4.78, 5) is 12.1. The van der Waals surface area contributed by atoms with E-state index in [1.54, 1.807) is 0 Å². The van der Waals surface area contributed by atoms with Gasteiger partial charge >= 0.3 is 0 Å². The number of amides is 1. The van der Waals surface area contributed by atoms with Crippen molar-refractivity contribution in [2.24, 2.45) is 0 Å². The first kappa shape index (κ1) is 19.2. The van der Waals surface area contributed by atoms with Crippen molar-refractivity contribution in [3.05, 3.63) is 54.1 Å². The van der Waals surface area contributed by atoms with E-state index in [4.69, 9.17) is 9.47 Å². The summed E-state index contributed by atoms with van der Waals surface area (Å²) >= 11 is 0. The summed E-state index contributed by atoms with van der Waals surface area (Å²) in [6.45, 7) is 4.11. The first-order valence-electron chi connectivity index (χ1n) is 8.14. The third kappa shape index (κ3) is 6.05. The lowest BCUT2D eigenvalue weighted by Gasteiger charge is -2.23. The van der Waals surface area contributed by atoms with Gasteiger partial charge in [0.2, 0.25) is 5.91 Å². The zero-order chi connectivity index (χ0) is 16.8. The summed E-state index contributed by atoms with van der Waals surface area (Å²) in [6, 6.07) is 15.3. The number of carbonyl (C=O) groups excluding carboxylic acids is 1.